The molecule has 3 rings (SSSR count). The summed E-state index contributed by atoms with van der Waals surface area (Å²) >= 11 is 6.09. The summed E-state index contributed by atoms with van der Waals surface area (Å²) in [6, 6.07) is 8.13. The van der Waals surface area contributed by atoms with E-state index in [0.29, 0.717) is 34.4 Å². The molecule has 1 unspecified atom stereocenters. The molecule has 1 atom stereocenters. The number of ether oxygens (including phenoxy) is 3. The average Bonchev–Trinajstić information content (AvgIpc) is 3.09. The normalized spacial score (nSPS) is 12.0. The van der Waals surface area contributed by atoms with Crippen molar-refractivity contribution in [1.29, 1.82) is 0 Å². The number of hydrogen-bond donors (Lipinski definition) is 2. The average molecular weight is 448 g/mol. The molecule has 0 aliphatic carbocycles. The van der Waals surface area contributed by atoms with Crippen molar-refractivity contribution in [3.05, 3.63) is 69.2 Å². The quantitative estimate of drug-likeness (QED) is 0.468. The third-order valence-corrected chi connectivity index (χ3v) is 5.58. The van der Waals surface area contributed by atoms with Crippen LogP contribution < -0.4 is 19.5 Å². The van der Waals surface area contributed by atoms with Crippen LogP contribution in [0.1, 0.15) is 41.0 Å². The van der Waals surface area contributed by atoms with Crippen LogP contribution in [0.2, 0.25) is 5.02 Å². The summed E-state index contributed by atoms with van der Waals surface area (Å²) < 4.78 is 31.0. The van der Waals surface area contributed by atoms with E-state index in [4.69, 9.17) is 25.8 Å². The SMILES string of the molecule is COc1cc(OCc2c(F)cccc2Cl)cc(OC)c1CNC(C)c1c(C)n[nH]c1C. The van der Waals surface area contributed by atoms with Crippen LogP contribution in [0.3, 0.4) is 0 Å². The fourth-order valence-corrected chi connectivity index (χ4v) is 3.82. The van der Waals surface area contributed by atoms with E-state index in [1.54, 1.807) is 38.5 Å². The molecular weight excluding hydrogens is 421 g/mol. The molecule has 8 heteroatoms. The van der Waals surface area contributed by atoms with E-state index in [0.717, 1.165) is 22.5 Å². The second kappa shape index (κ2) is 10.0. The maximum Gasteiger partial charge on any atom is 0.131 e. The standard InChI is InChI=1S/C23H27ClFN3O3/c1-13(23-14(2)27-28-15(23)3)26-11-17-21(29-4)9-16(10-22(17)30-5)31-12-18-19(24)7-6-8-20(18)25/h6-10,13,26H,11-12H2,1-5H3,(H,27,28). The Balaban J connectivity index is 1.79. The molecule has 0 fully saturated rings. The summed E-state index contributed by atoms with van der Waals surface area (Å²) in [6.45, 7) is 6.57. The number of hydrogen-bond acceptors (Lipinski definition) is 5. The Morgan fingerprint density at radius 3 is 2.35 bits per heavy atom. The second-order valence-corrected chi connectivity index (χ2v) is 7.65. The number of rotatable bonds is 9. The largest absolute Gasteiger partial charge is 0.496 e. The molecule has 0 amide bonds. The topological polar surface area (TPSA) is 68.4 Å². The van der Waals surface area contributed by atoms with Crippen LogP contribution in [-0.2, 0) is 13.2 Å². The number of nitrogens with zero attached hydrogens (tertiary/aromatic N) is 1. The number of nitrogens with one attached hydrogen (secondary N) is 2. The maximum absolute atomic E-state index is 14.0. The number of benzene rings is 2. The van der Waals surface area contributed by atoms with Crippen molar-refractivity contribution in [2.75, 3.05) is 14.2 Å². The molecule has 0 radical (unpaired) electrons. The number of methoxy groups -OCH3 is 2. The molecule has 2 N–H and O–H groups in total. The van der Waals surface area contributed by atoms with Gasteiger partial charge in [0, 0.05) is 41.5 Å². The molecule has 1 heterocycles. The highest BCUT2D eigenvalue weighted by Gasteiger charge is 2.18. The van der Waals surface area contributed by atoms with E-state index in [2.05, 4.69) is 22.4 Å². The third-order valence-electron chi connectivity index (χ3n) is 5.23. The number of aryl methyl sites for hydroxylation is 2. The Hall–Kier alpha value is -2.77. The monoisotopic (exact) mass is 447 g/mol. The number of aromatic amines is 1. The Bertz CT molecular complexity index is 990. The van der Waals surface area contributed by atoms with Crippen LogP contribution >= 0.6 is 11.6 Å². The first-order chi connectivity index (χ1) is 14.8. The van der Waals surface area contributed by atoms with Crippen molar-refractivity contribution in [1.82, 2.24) is 15.5 Å². The number of aromatic nitrogens is 2. The van der Waals surface area contributed by atoms with Crippen LogP contribution in [0.4, 0.5) is 4.39 Å². The van der Waals surface area contributed by atoms with Gasteiger partial charge in [-0.05, 0) is 32.9 Å². The molecule has 0 aliphatic rings. The highest BCUT2D eigenvalue weighted by molar-refractivity contribution is 6.31. The Labute approximate surface area is 186 Å². The predicted molar refractivity (Wildman–Crippen MR) is 119 cm³/mol. The van der Waals surface area contributed by atoms with E-state index in [9.17, 15) is 4.39 Å². The molecule has 6 nitrogen and oxygen atoms in total. The first-order valence-electron chi connectivity index (χ1n) is 9.91. The highest BCUT2D eigenvalue weighted by atomic mass is 35.5. The van der Waals surface area contributed by atoms with Gasteiger partial charge in [0.2, 0.25) is 0 Å². The van der Waals surface area contributed by atoms with E-state index in [1.807, 2.05) is 13.8 Å². The first-order valence-corrected chi connectivity index (χ1v) is 10.3. The van der Waals surface area contributed by atoms with Gasteiger partial charge in [0.05, 0.1) is 30.5 Å². The summed E-state index contributed by atoms with van der Waals surface area (Å²) in [5.74, 6) is 1.29. The maximum atomic E-state index is 14.0. The molecule has 0 saturated heterocycles. The van der Waals surface area contributed by atoms with Gasteiger partial charge in [0.1, 0.15) is 29.7 Å². The third kappa shape index (κ3) is 5.11. The van der Waals surface area contributed by atoms with Crippen molar-refractivity contribution >= 4 is 11.6 Å². The Kier molecular flexibility index (Phi) is 7.41. The van der Waals surface area contributed by atoms with Crippen LogP contribution in [0.5, 0.6) is 17.2 Å². The van der Waals surface area contributed by atoms with E-state index in [-0.39, 0.29) is 12.6 Å². The summed E-state index contributed by atoms with van der Waals surface area (Å²) in [7, 11) is 3.17. The van der Waals surface area contributed by atoms with Gasteiger partial charge in [-0.15, -0.1) is 0 Å². The molecule has 1 aromatic heterocycles. The van der Waals surface area contributed by atoms with Gasteiger partial charge in [0.25, 0.3) is 0 Å². The summed E-state index contributed by atoms with van der Waals surface area (Å²) in [6.07, 6.45) is 0. The van der Waals surface area contributed by atoms with Gasteiger partial charge < -0.3 is 19.5 Å². The van der Waals surface area contributed by atoms with Crippen LogP contribution in [0, 0.1) is 19.7 Å². The minimum atomic E-state index is -0.411. The fourth-order valence-electron chi connectivity index (χ4n) is 3.60. The van der Waals surface area contributed by atoms with E-state index >= 15 is 0 Å². The molecule has 2 aromatic carbocycles. The van der Waals surface area contributed by atoms with Crippen molar-refractivity contribution in [2.24, 2.45) is 0 Å². The lowest BCUT2D eigenvalue weighted by atomic mass is 10.1. The minimum absolute atomic E-state index is 0.00844. The van der Waals surface area contributed by atoms with E-state index in [1.165, 1.54) is 6.07 Å². The van der Waals surface area contributed by atoms with Gasteiger partial charge in [-0.1, -0.05) is 17.7 Å². The lowest BCUT2D eigenvalue weighted by Gasteiger charge is -2.19. The van der Waals surface area contributed by atoms with Crippen molar-refractivity contribution in [3.8, 4) is 17.2 Å². The predicted octanol–water partition coefficient (Wildman–Crippen LogP) is 5.27. The van der Waals surface area contributed by atoms with Crippen LogP contribution in [0.25, 0.3) is 0 Å². The molecule has 3 aromatic rings. The van der Waals surface area contributed by atoms with Gasteiger partial charge in [-0.2, -0.15) is 5.10 Å². The molecule has 166 valence electrons. The number of halogens is 2. The molecular formula is C23H27ClFN3O3. The molecule has 31 heavy (non-hydrogen) atoms. The van der Waals surface area contributed by atoms with Crippen LogP contribution in [-0.4, -0.2) is 24.4 Å². The Morgan fingerprint density at radius 1 is 1.13 bits per heavy atom. The first kappa shape index (κ1) is 22.9. The molecule has 0 aliphatic heterocycles. The second-order valence-electron chi connectivity index (χ2n) is 7.25. The lowest BCUT2D eigenvalue weighted by Crippen LogP contribution is -2.20. The number of H-pyrrole nitrogens is 1. The van der Waals surface area contributed by atoms with E-state index < -0.39 is 5.82 Å². The van der Waals surface area contributed by atoms with Gasteiger partial charge >= 0.3 is 0 Å². The van der Waals surface area contributed by atoms with Crippen molar-refractivity contribution < 1.29 is 18.6 Å². The summed E-state index contributed by atoms with van der Waals surface area (Å²) in [4.78, 5) is 0. The smallest absolute Gasteiger partial charge is 0.131 e. The molecule has 0 saturated carbocycles. The van der Waals surface area contributed by atoms with Crippen molar-refractivity contribution in [3.63, 3.8) is 0 Å². The minimum Gasteiger partial charge on any atom is -0.496 e. The zero-order chi connectivity index (χ0) is 22.5. The zero-order valence-corrected chi connectivity index (χ0v) is 19.1. The van der Waals surface area contributed by atoms with Crippen molar-refractivity contribution in [2.45, 2.75) is 40.0 Å². The summed E-state index contributed by atoms with van der Waals surface area (Å²) in [5.41, 5.74) is 4.29. The van der Waals surface area contributed by atoms with Crippen LogP contribution in [0.15, 0.2) is 30.3 Å². The summed E-state index contributed by atoms with van der Waals surface area (Å²) in [5, 5.41) is 11.1. The highest BCUT2D eigenvalue weighted by Crippen LogP contribution is 2.35. The van der Waals surface area contributed by atoms with Gasteiger partial charge in [-0.25, -0.2) is 4.39 Å². The fraction of sp³-hybridized carbons (Fsp3) is 0.348. The zero-order valence-electron chi connectivity index (χ0n) is 18.3. The van der Waals surface area contributed by atoms with Gasteiger partial charge in [-0.3, -0.25) is 5.10 Å². The molecule has 0 bridgehead atoms. The lowest BCUT2D eigenvalue weighted by molar-refractivity contribution is 0.293. The Morgan fingerprint density at radius 2 is 1.81 bits per heavy atom. The molecule has 0 spiro atoms. The van der Waals surface area contributed by atoms with Gasteiger partial charge in [0.15, 0.2) is 0 Å².